The molecule has 1 aromatic carbocycles. The highest BCUT2D eigenvalue weighted by Gasteiger charge is 2.16. The van der Waals surface area contributed by atoms with Gasteiger partial charge < -0.3 is 15.8 Å². The number of hydrogen-bond acceptors (Lipinski definition) is 3. The third-order valence-electron chi connectivity index (χ3n) is 4.03. The van der Waals surface area contributed by atoms with Crippen molar-refractivity contribution in [2.45, 2.75) is 51.2 Å². The standard InChI is InChI=1S/C17H26N2O2/c1-13-7-9-14(10-8-13)16(18)17(20)19-11-12-21-15-5-3-2-4-6-15/h7-10,15-16H,2-6,11-12,18H2,1H3,(H,19,20). The second-order valence-electron chi connectivity index (χ2n) is 5.81. The van der Waals surface area contributed by atoms with Crippen LogP contribution in [0.15, 0.2) is 24.3 Å². The lowest BCUT2D eigenvalue weighted by atomic mass is 9.98. The van der Waals surface area contributed by atoms with Crippen molar-refractivity contribution in [2.24, 2.45) is 5.73 Å². The highest BCUT2D eigenvalue weighted by atomic mass is 16.5. The van der Waals surface area contributed by atoms with E-state index in [0.29, 0.717) is 19.3 Å². The van der Waals surface area contributed by atoms with Gasteiger partial charge in [0.25, 0.3) is 0 Å². The van der Waals surface area contributed by atoms with E-state index in [1.54, 1.807) is 0 Å². The molecule has 1 fully saturated rings. The Bertz CT molecular complexity index is 439. The molecule has 21 heavy (non-hydrogen) atoms. The fourth-order valence-corrected chi connectivity index (χ4v) is 2.67. The van der Waals surface area contributed by atoms with Crippen LogP contribution in [0.1, 0.15) is 49.3 Å². The molecule has 4 nitrogen and oxygen atoms in total. The van der Waals surface area contributed by atoms with Crippen LogP contribution in [-0.4, -0.2) is 25.2 Å². The van der Waals surface area contributed by atoms with Gasteiger partial charge in [0.1, 0.15) is 6.04 Å². The summed E-state index contributed by atoms with van der Waals surface area (Å²) in [5.74, 6) is -0.147. The molecule has 1 unspecified atom stereocenters. The van der Waals surface area contributed by atoms with Crippen LogP contribution in [0.25, 0.3) is 0 Å². The molecular weight excluding hydrogens is 264 g/mol. The van der Waals surface area contributed by atoms with E-state index in [9.17, 15) is 4.79 Å². The van der Waals surface area contributed by atoms with Crippen LogP contribution in [0.5, 0.6) is 0 Å². The van der Waals surface area contributed by atoms with Crippen LogP contribution < -0.4 is 11.1 Å². The van der Waals surface area contributed by atoms with Crippen molar-refractivity contribution in [2.75, 3.05) is 13.2 Å². The zero-order valence-electron chi connectivity index (χ0n) is 12.8. The maximum absolute atomic E-state index is 12.0. The van der Waals surface area contributed by atoms with E-state index < -0.39 is 6.04 Å². The van der Waals surface area contributed by atoms with Gasteiger partial charge in [-0.1, -0.05) is 49.1 Å². The summed E-state index contributed by atoms with van der Waals surface area (Å²) in [7, 11) is 0. The Morgan fingerprint density at radius 3 is 2.62 bits per heavy atom. The summed E-state index contributed by atoms with van der Waals surface area (Å²) in [5, 5.41) is 2.85. The SMILES string of the molecule is Cc1ccc(C(N)C(=O)NCCOC2CCCCC2)cc1. The van der Waals surface area contributed by atoms with E-state index in [-0.39, 0.29) is 5.91 Å². The van der Waals surface area contributed by atoms with Gasteiger partial charge >= 0.3 is 0 Å². The predicted molar refractivity (Wildman–Crippen MR) is 83.9 cm³/mol. The molecule has 0 aromatic heterocycles. The fourth-order valence-electron chi connectivity index (χ4n) is 2.67. The molecule has 3 N–H and O–H groups in total. The first kappa shape index (κ1) is 16.0. The topological polar surface area (TPSA) is 64.4 Å². The Hall–Kier alpha value is -1.39. The van der Waals surface area contributed by atoms with Crippen molar-refractivity contribution in [1.29, 1.82) is 0 Å². The number of carbonyl (C=O) groups is 1. The molecule has 1 aliphatic rings. The number of nitrogens with two attached hydrogens (primary N) is 1. The molecule has 116 valence electrons. The van der Waals surface area contributed by atoms with E-state index in [4.69, 9.17) is 10.5 Å². The van der Waals surface area contributed by atoms with Gasteiger partial charge in [-0.25, -0.2) is 0 Å². The summed E-state index contributed by atoms with van der Waals surface area (Å²) < 4.78 is 5.78. The first-order valence-electron chi connectivity index (χ1n) is 7.88. The van der Waals surface area contributed by atoms with Gasteiger partial charge in [0, 0.05) is 6.54 Å². The summed E-state index contributed by atoms with van der Waals surface area (Å²) in [5.41, 5.74) is 7.96. The average Bonchev–Trinajstić information content (AvgIpc) is 2.52. The van der Waals surface area contributed by atoms with Crippen molar-refractivity contribution in [3.8, 4) is 0 Å². The van der Waals surface area contributed by atoms with E-state index in [2.05, 4.69) is 5.32 Å². The Balaban J connectivity index is 1.67. The second kappa shape index (κ2) is 8.15. The largest absolute Gasteiger partial charge is 0.376 e. The number of hydrogen-bond donors (Lipinski definition) is 2. The number of benzene rings is 1. The molecule has 0 radical (unpaired) electrons. The number of amides is 1. The molecule has 0 spiro atoms. The molecule has 0 aliphatic heterocycles. The zero-order valence-corrected chi connectivity index (χ0v) is 12.8. The molecular formula is C17H26N2O2. The van der Waals surface area contributed by atoms with Gasteiger partial charge in [-0.15, -0.1) is 0 Å². The van der Waals surface area contributed by atoms with E-state index in [1.807, 2.05) is 31.2 Å². The summed E-state index contributed by atoms with van der Waals surface area (Å²) in [6, 6.07) is 7.12. The maximum atomic E-state index is 12.0. The fraction of sp³-hybridized carbons (Fsp3) is 0.588. The smallest absolute Gasteiger partial charge is 0.241 e. The van der Waals surface area contributed by atoms with Crippen LogP contribution in [0.3, 0.4) is 0 Å². The van der Waals surface area contributed by atoms with Crippen molar-refractivity contribution in [3.63, 3.8) is 0 Å². The van der Waals surface area contributed by atoms with Gasteiger partial charge in [-0.3, -0.25) is 4.79 Å². The first-order valence-corrected chi connectivity index (χ1v) is 7.88. The zero-order chi connectivity index (χ0) is 15.1. The molecule has 0 bridgehead atoms. The summed E-state index contributed by atoms with van der Waals surface area (Å²) in [6.07, 6.45) is 6.52. The minimum atomic E-state index is -0.611. The van der Waals surface area contributed by atoms with Crippen molar-refractivity contribution >= 4 is 5.91 Å². The minimum absolute atomic E-state index is 0.147. The molecule has 0 saturated heterocycles. The van der Waals surface area contributed by atoms with Crippen LogP contribution in [0, 0.1) is 6.92 Å². The number of aryl methyl sites for hydroxylation is 1. The highest BCUT2D eigenvalue weighted by Crippen LogP contribution is 2.19. The van der Waals surface area contributed by atoms with Crippen LogP contribution >= 0.6 is 0 Å². The van der Waals surface area contributed by atoms with Gasteiger partial charge in [0.05, 0.1) is 12.7 Å². The normalized spacial score (nSPS) is 17.4. The van der Waals surface area contributed by atoms with Crippen LogP contribution in [-0.2, 0) is 9.53 Å². The van der Waals surface area contributed by atoms with Gasteiger partial charge in [-0.05, 0) is 25.3 Å². The molecule has 1 amide bonds. The van der Waals surface area contributed by atoms with Gasteiger partial charge in [0.2, 0.25) is 5.91 Å². The van der Waals surface area contributed by atoms with Crippen molar-refractivity contribution in [3.05, 3.63) is 35.4 Å². The Kier molecular flexibility index (Phi) is 6.21. The summed E-state index contributed by atoms with van der Waals surface area (Å²) >= 11 is 0. The number of ether oxygens (including phenoxy) is 1. The lowest BCUT2D eigenvalue weighted by Crippen LogP contribution is -2.36. The van der Waals surface area contributed by atoms with Gasteiger partial charge in [0.15, 0.2) is 0 Å². The monoisotopic (exact) mass is 290 g/mol. The maximum Gasteiger partial charge on any atom is 0.241 e. The minimum Gasteiger partial charge on any atom is -0.376 e. The van der Waals surface area contributed by atoms with E-state index in [1.165, 1.54) is 19.3 Å². The molecule has 4 heteroatoms. The third kappa shape index (κ3) is 5.14. The molecule has 1 atom stereocenters. The Morgan fingerprint density at radius 2 is 1.95 bits per heavy atom. The van der Waals surface area contributed by atoms with Crippen molar-refractivity contribution < 1.29 is 9.53 Å². The molecule has 1 aromatic rings. The highest BCUT2D eigenvalue weighted by molar-refractivity contribution is 5.82. The number of rotatable bonds is 6. The van der Waals surface area contributed by atoms with Crippen LogP contribution in [0.2, 0.25) is 0 Å². The molecule has 1 aliphatic carbocycles. The lowest BCUT2D eigenvalue weighted by Gasteiger charge is -2.22. The van der Waals surface area contributed by atoms with Gasteiger partial charge in [-0.2, -0.15) is 0 Å². The van der Waals surface area contributed by atoms with E-state index >= 15 is 0 Å². The molecule has 2 rings (SSSR count). The van der Waals surface area contributed by atoms with Crippen molar-refractivity contribution in [1.82, 2.24) is 5.32 Å². The number of nitrogens with one attached hydrogen (secondary N) is 1. The third-order valence-corrected chi connectivity index (χ3v) is 4.03. The number of carbonyl (C=O) groups excluding carboxylic acids is 1. The average molecular weight is 290 g/mol. The van der Waals surface area contributed by atoms with Crippen LogP contribution in [0.4, 0.5) is 0 Å². The molecule has 0 heterocycles. The summed E-state index contributed by atoms with van der Waals surface area (Å²) in [4.78, 5) is 12.0. The first-order chi connectivity index (χ1) is 10.2. The van der Waals surface area contributed by atoms with E-state index in [0.717, 1.165) is 24.0 Å². The Labute approximate surface area is 127 Å². The lowest BCUT2D eigenvalue weighted by molar-refractivity contribution is -0.122. The summed E-state index contributed by atoms with van der Waals surface area (Å²) in [6.45, 7) is 3.10. The molecule has 1 saturated carbocycles. The predicted octanol–water partition coefficient (Wildman–Crippen LogP) is 2.46. The second-order valence-corrected chi connectivity index (χ2v) is 5.81. The quantitative estimate of drug-likeness (QED) is 0.791. The Morgan fingerprint density at radius 1 is 1.29 bits per heavy atom.